The van der Waals surface area contributed by atoms with Crippen LogP contribution in [0, 0.1) is 10.1 Å². The lowest BCUT2D eigenvalue weighted by molar-refractivity contribution is -0.385. The van der Waals surface area contributed by atoms with Crippen LogP contribution in [0.4, 0.5) is 5.69 Å². The van der Waals surface area contributed by atoms with Crippen molar-refractivity contribution in [3.63, 3.8) is 0 Å². The van der Waals surface area contributed by atoms with E-state index >= 15 is 0 Å². The summed E-state index contributed by atoms with van der Waals surface area (Å²) in [6.07, 6.45) is -0.333. The predicted molar refractivity (Wildman–Crippen MR) is 62.0 cm³/mol. The molecule has 0 amide bonds. The third-order valence-corrected chi connectivity index (χ3v) is 2.51. The maximum absolute atomic E-state index is 11.1. The normalized spacial score (nSPS) is 10.8. The van der Waals surface area contributed by atoms with E-state index in [1.54, 1.807) is 0 Å². The molecule has 102 valence electrons. The van der Waals surface area contributed by atoms with Crippen molar-refractivity contribution in [3.05, 3.63) is 34.4 Å². The van der Waals surface area contributed by atoms with Crippen LogP contribution in [0.25, 0.3) is 0 Å². The molecule has 0 spiro atoms. The van der Waals surface area contributed by atoms with Gasteiger partial charge in [-0.1, -0.05) is 13.0 Å². The van der Waals surface area contributed by atoms with E-state index in [2.05, 4.69) is 0 Å². The molecule has 0 aliphatic heterocycles. The molecule has 0 aliphatic carbocycles. The van der Waals surface area contributed by atoms with Crippen LogP contribution in [0.5, 0.6) is 5.75 Å². The van der Waals surface area contributed by atoms with E-state index in [-0.39, 0.29) is 17.9 Å². The van der Waals surface area contributed by atoms with Gasteiger partial charge in [-0.15, -0.1) is 0 Å². The Morgan fingerprint density at radius 2 is 1.95 bits per heavy atom. The minimum atomic E-state index is -2.46. The number of benzene rings is 1. The minimum Gasteiger partial charge on any atom is -0.478 e. The number of aliphatic carboxylic acids is 2. The lowest BCUT2D eigenvalue weighted by Crippen LogP contribution is -2.51. The number of ether oxygens (including phenoxy) is 1. The molecule has 0 fully saturated rings. The quantitative estimate of drug-likeness (QED) is 0.452. The van der Waals surface area contributed by atoms with Crippen molar-refractivity contribution in [2.75, 3.05) is 0 Å². The van der Waals surface area contributed by atoms with Gasteiger partial charge < -0.3 is 14.9 Å². The molecule has 0 aliphatic rings. The predicted octanol–water partition coefficient (Wildman–Crippen LogP) is 1.29. The fourth-order valence-corrected chi connectivity index (χ4v) is 1.42. The molecule has 19 heavy (non-hydrogen) atoms. The van der Waals surface area contributed by atoms with Gasteiger partial charge in [0.15, 0.2) is 0 Å². The van der Waals surface area contributed by atoms with Gasteiger partial charge in [0, 0.05) is 12.5 Å². The zero-order valence-corrected chi connectivity index (χ0v) is 9.90. The molecule has 0 unspecified atom stereocenters. The number of carboxylic acid groups (broad SMARTS) is 2. The number of nitrogens with zero attached hydrogens (tertiary/aromatic N) is 1. The molecule has 0 aromatic heterocycles. The Morgan fingerprint density at radius 3 is 2.37 bits per heavy atom. The smallest absolute Gasteiger partial charge is 0.360 e. The number of rotatable bonds is 6. The number of nitro benzene ring substituents is 1. The Hall–Kier alpha value is -2.64. The van der Waals surface area contributed by atoms with E-state index in [0.717, 1.165) is 6.07 Å². The van der Waals surface area contributed by atoms with Gasteiger partial charge in [-0.25, -0.2) is 9.59 Å². The van der Waals surface area contributed by atoms with Crippen LogP contribution in [0.15, 0.2) is 24.3 Å². The van der Waals surface area contributed by atoms with Crippen molar-refractivity contribution in [2.24, 2.45) is 0 Å². The third-order valence-electron chi connectivity index (χ3n) is 2.51. The number of carboxylic acids is 2. The molecule has 0 saturated carbocycles. The number of carbonyl (C=O) groups is 2. The maximum atomic E-state index is 11.1. The second-order valence-electron chi connectivity index (χ2n) is 3.65. The Kier molecular flexibility index (Phi) is 4.05. The first-order valence-electron chi connectivity index (χ1n) is 5.23. The van der Waals surface area contributed by atoms with Crippen LogP contribution in [0.1, 0.15) is 13.3 Å². The molecule has 0 radical (unpaired) electrons. The molecule has 1 rings (SSSR count). The summed E-state index contributed by atoms with van der Waals surface area (Å²) in [5.41, 5.74) is -2.78. The van der Waals surface area contributed by atoms with E-state index in [1.165, 1.54) is 25.1 Å². The van der Waals surface area contributed by atoms with Crippen LogP contribution in [0.3, 0.4) is 0 Å². The monoisotopic (exact) mass is 269 g/mol. The summed E-state index contributed by atoms with van der Waals surface area (Å²) in [7, 11) is 0. The van der Waals surface area contributed by atoms with Gasteiger partial charge in [0.05, 0.1) is 11.0 Å². The van der Waals surface area contributed by atoms with Gasteiger partial charge in [0.2, 0.25) is 0 Å². The lowest BCUT2D eigenvalue weighted by Gasteiger charge is -2.24. The van der Waals surface area contributed by atoms with Crippen molar-refractivity contribution in [1.29, 1.82) is 0 Å². The van der Waals surface area contributed by atoms with Crippen LogP contribution in [-0.2, 0) is 9.59 Å². The summed E-state index contributed by atoms with van der Waals surface area (Å²) < 4.78 is 4.96. The summed E-state index contributed by atoms with van der Waals surface area (Å²) in [5, 5.41) is 28.6. The van der Waals surface area contributed by atoms with Gasteiger partial charge in [0.1, 0.15) is 5.75 Å². The summed E-state index contributed by atoms with van der Waals surface area (Å²) in [4.78, 5) is 32.0. The first-order chi connectivity index (χ1) is 8.83. The SMILES string of the molecule is CCC(Oc1cccc([N+](=O)[O-])c1)(C(=O)O)C(=O)O. The summed E-state index contributed by atoms with van der Waals surface area (Å²) in [5.74, 6) is -3.54. The average molecular weight is 269 g/mol. The molecule has 8 nitrogen and oxygen atoms in total. The Bertz CT molecular complexity index is 512. The van der Waals surface area contributed by atoms with Crippen LogP contribution in [0.2, 0.25) is 0 Å². The first-order valence-corrected chi connectivity index (χ1v) is 5.23. The van der Waals surface area contributed by atoms with Gasteiger partial charge in [-0.3, -0.25) is 10.1 Å². The molecule has 8 heteroatoms. The van der Waals surface area contributed by atoms with Crippen LogP contribution in [-0.4, -0.2) is 32.7 Å². The van der Waals surface area contributed by atoms with Gasteiger partial charge in [-0.2, -0.15) is 0 Å². The highest BCUT2D eigenvalue weighted by Gasteiger charge is 2.48. The second-order valence-corrected chi connectivity index (χ2v) is 3.65. The molecule has 2 N–H and O–H groups in total. The van der Waals surface area contributed by atoms with E-state index in [4.69, 9.17) is 14.9 Å². The molecule has 0 heterocycles. The van der Waals surface area contributed by atoms with Crippen molar-refractivity contribution >= 4 is 17.6 Å². The molecule has 0 saturated heterocycles. The van der Waals surface area contributed by atoms with Gasteiger partial charge in [-0.05, 0) is 6.07 Å². The number of nitro groups is 1. The minimum absolute atomic E-state index is 0.194. The molecule has 0 atom stereocenters. The number of hydrogen-bond acceptors (Lipinski definition) is 5. The highest BCUT2D eigenvalue weighted by Crippen LogP contribution is 2.26. The standard InChI is InChI=1S/C11H11NO7/c1-2-11(9(13)14,10(15)16)19-8-5-3-4-7(6-8)12(17)18/h3-6H,2H2,1H3,(H,13,14)(H,15,16). The second kappa shape index (κ2) is 5.34. The zero-order chi connectivity index (χ0) is 14.6. The Labute approximate surface area is 107 Å². The molecule has 0 bridgehead atoms. The van der Waals surface area contributed by atoms with E-state index in [9.17, 15) is 19.7 Å². The number of hydrogen-bond donors (Lipinski definition) is 2. The lowest BCUT2D eigenvalue weighted by atomic mass is 10.0. The van der Waals surface area contributed by atoms with Crippen LogP contribution < -0.4 is 4.74 Å². The summed E-state index contributed by atoms with van der Waals surface area (Å²) >= 11 is 0. The van der Waals surface area contributed by atoms with Gasteiger partial charge in [0.25, 0.3) is 11.3 Å². The summed E-state index contributed by atoms with van der Waals surface area (Å²) in [6, 6.07) is 4.68. The number of non-ortho nitro benzene ring substituents is 1. The fourth-order valence-electron chi connectivity index (χ4n) is 1.42. The largest absolute Gasteiger partial charge is 0.478 e. The Balaban J connectivity index is 3.17. The fraction of sp³-hybridized carbons (Fsp3) is 0.273. The molecule has 1 aromatic carbocycles. The van der Waals surface area contributed by atoms with Crippen molar-refractivity contribution in [2.45, 2.75) is 18.9 Å². The van der Waals surface area contributed by atoms with Crippen molar-refractivity contribution < 1.29 is 29.5 Å². The van der Waals surface area contributed by atoms with E-state index in [0.29, 0.717) is 0 Å². The molecular formula is C11H11NO7. The van der Waals surface area contributed by atoms with Crippen LogP contribution >= 0.6 is 0 Å². The highest BCUT2D eigenvalue weighted by molar-refractivity contribution is 6.02. The van der Waals surface area contributed by atoms with Crippen molar-refractivity contribution in [1.82, 2.24) is 0 Å². The molecule has 1 aromatic rings. The highest BCUT2D eigenvalue weighted by atomic mass is 16.6. The zero-order valence-electron chi connectivity index (χ0n) is 9.90. The van der Waals surface area contributed by atoms with E-state index in [1.807, 2.05) is 0 Å². The summed E-state index contributed by atoms with van der Waals surface area (Å²) in [6.45, 7) is 1.33. The topological polar surface area (TPSA) is 127 Å². The maximum Gasteiger partial charge on any atom is 0.360 e. The molecular weight excluding hydrogens is 258 g/mol. The van der Waals surface area contributed by atoms with Crippen molar-refractivity contribution in [3.8, 4) is 5.75 Å². The first kappa shape index (κ1) is 14.4. The third kappa shape index (κ3) is 2.79. The van der Waals surface area contributed by atoms with Gasteiger partial charge >= 0.3 is 11.9 Å². The average Bonchev–Trinajstić information content (AvgIpc) is 2.35. The Morgan fingerprint density at radius 1 is 1.37 bits per heavy atom. The van der Waals surface area contributed by atoms with E-state index < -0.39 is 22.5 Å².